The Balaban J connectivity index is 1.54. The highest BCUT2D eigenvalue weighted by Gasteiger charge is 2.64. The zero-order chi connectivity index (χ0) is 18.4. The molecule has 1 aromatic carbocycles. The summed E-state index contributed by atoms with van der Waals surface area (Å²) in [7, 11) is 0. The van der Waals surface area contributed by atoms with Crippen molar-refractivity contribution in [1.82, 2.24) is 4.90 Å². The molecule has 140 valence electrons. The van der Waals surface area contributed by atoms with E-state index in [4.69, 9.17) is 23.2 Å². The third kappa shape index (κ3) is 2.20. The van der Waals surface area contributed by atoms with Gasteiger partial charge in [-0.05, 0) is 75.3 Å². The van der Waals surface area contributed by atoms with Gasteiger partial charge in [0.05, 0.1) is 27.1 Å². The lowest BCUT2D eigenvalue weighted by atomic mass is 9.50. The van der Waals surface area contributed by atoms with Gasteiger partial charge in [0.1, 0.15) is 0 Å². The van der Waals surface area contributed by atoms with E-state index >= 15 is 0 Å². The van der Waals surface area contributed by atoms with Crippen LogP contribution >= 0.6 is 23.2 Å². The molecular formula is C21H25Cl2NO2. The van der Waals surface area contributed by atoms with Gasteiger partial charge in [-0.1, -0.05) is 35.3 Å². The molecule has 1 heterocycles. The summed E-state index contributed by atoms with van der Waals surface area (Å²) < 4.78 is 0. The van der Waals surface area contributed by atoms with Gasteiger partial charge in [0.2, 0.25) is 5.91 Å². The van der Waals surface area contributed by atoms with E-state index in [1.165, 1.54) is 0 Å². The van der Waals surface area contributed by atoms with E-state index in [9.17, 15) is 9.90 Å². The topological polar surface area (TPSA) is 40.5 Å². The molecule has 0 aromatic heterocycles. The van der Waals surface area contributed by atoms with Gasteiger partial charge in [0.25, 0.3) is 0 Å². The maximum Gasteiger partial charge on any atom is 0.231 e. The predicted octanol–water partition coefficient (Wildman–Crippen LogP) is 4.84. The van der Waals surface area contributed by atoms with Gasteiger partial charge in [0, 0.05) is 6.04 Å². The molecule has 1 amide bonds. The van der Waals surface area contributed by atoms with Crippen LogP contribution in [-0.4, -0.2) is 27.6 Å². The highest BCUT2D eigenvalue weighted by atomic mass is 35.5. The molecule has 4 bridgehead atoms. The van der Waals surface area contributed by atoms with Crippen molar-refractivity contribution in [2.75, 3.05) is 0 Å². The van der Waals surface area contributed by atoms with Crippen LogP contribution in [0.15, 0.2) is 18.2 Å². The number of aliphatic hydroxyl groups is 1. The van der Waals surface area contributed by atoms with Crippen LogP contribution in [0.5, 0.6) is 0 Å². The average molecular weight is 394 g/mol. The van der Waals surface area contributed by atoms with Crippen molar-refractivity contribution in [2.24, 2.45) is 23.2 Å². The smallest absolute Gasteiger partial charge is 0.231 e. The van der Waals surface area contributed by atoms with Crippen molar-refractivity contribution >= 4 is 29.1 Å². The maximum atomic E-state index is 13.2. The first-order valence-electron chi connectivity index (χ1n) is 9.70. The van der Waals surface area contributed by atoms with Crippen LogP contribution < -0.4 is 0 Å². The van der Waals surface area contributed by atoms with Gasteiger partial charge in [0.15, 0.2) is 0 Å². The average Bonchev–Trinajstić information content (AvgIpc) is 2.55. The van der Waals surface area contributed by atoms with Gasteiger partial charge in [-0.25, -0.2) is 0 Å². The monoisotopic (exact) mass is 393 g/mol. The van der Waals surface area contributed by atoms with Gasteiger partial charge < -0.3 is 10.0 Å². The fourth-order valence-electron chi connectivity index (χ4n) is 6.84. The standard InChI is InChI=1S/C21H25Cl2NO2/c1-20(2)18(14-4-3-5-15(22)16(14)23)24(19(20)25)17-12-6-11-7-13(17)10-21(26,8-11)9-12/h3-5,11-13,17-18,26H,6-10H2,1-2H3/t11?,12-,13+,17?,18?,21?. The minimum absolute atomic E-state index is 0.0432. The molecule has 1 aliphatic heterocycles. The Morgan fingerprint density at radius 2 is 1.77 bits per heavy atom. The summed E-state index contributed by atoms with van der Waals surface area (Å²) in [6.45, 7) is 4.02. The fraction of sp³-hybridized carbons (Fsp3) is 0.667. The molecule has 4 aliphatic carbocycles. The summed E-state index contributed by atoms with van der Waals surface area (Å²) in [4.78, 5) is 15.3. The number of hydrogen-bond acceptors (Lipinski definition) is 2. The second-order valence-corrected chi connectivity index (χ2v) is 10.4. The van der Waals surface area contributed by atoms with E-state index in [1.54, 1.807) is 6.07 Å². The zero-order valence-electron chi connectivity index (χ0n) is 15.2. The Kier molecular flexibility index (Phi) is 3.60. The molecule has 4 saturated carbocycles. The third-order valence-electron chi connectivity index (χ3n) is 7.54. The second kappa shape index (κ2) is 5.40. The van der Waals surface area contributed by atoms with Crippen LogP contribution in [0.2, 0.25) is 10.0 Å². The first-order chi connectivity index (χ1) is 12.2. The Morgan fingerprint density at radius 3 is 2.38 bits per heavy atom. The van der Waals surface area contributed by atoms with Crippen molar-refractivity contribution in [3.05, 3.63) is 33.8 Å². The van der Waals surface area contributed by atoms with Gasteiger partial charge in [-0.2, -0.15) is 0 Å². The Hall–Kier alpha value is -0.770. The number of benzene rings is 1. The predicted molar refractivity (Wildman–Crippen MR) is 102 cm³/mol. The highest BCUT2D eigenvalue weighted by Crippen LogP contribution is 2.62. The molecule has 5 heteroatoms. The molecular weight excluding hydrogens is 369 g/mol. The van der Waals surface area contributed by atoms with Crippen molar-refractivity contribution in [3.63, 3.8) is 0 Å². The molecule has 1 N–H and O–H groups in total. The number of β-lactam (4-membered cyclic amide) rings is 1. The quantitative estimate of drug-likeness (QED) is 0.729. The normalized spacial score (nSPS) is 42.9. The molecule has 0 spiro atoms. The van der Waals surface area contributed by atoms with Gasteiger partial charge >= 0.3 is 0 Å². The molecule has 26 heavy (non-hydrogen) atoms. The first kappa shape index (κ1) is 17.3. The van der Waals surface area contributed by atoms with E-state index < -0.39 is 11.0 Å². The van der Waals surface area contributed by atoms with Crippen molar-refractivity contribution in [3.8, 4) is 0 Å². The van der Waals surface area contributed by atoms with E-state index in [-0.39, 0.29) is 18.0 Å². The zero-order valence-corrected chi connectivity index (χ0v) is 16.7. The number of likely N-dealkylation sites (tertiary alicyclic amines) is 1. The summed E-state index contributed by atoms with van der Waals surface area (Å²) in [5.74, 6) is 1.66. The minimum Gasteiger partial charge on any atom is -0.390 e. The molecule has 1 aromatic rings. The molecule has 5 fully saturated rings. The number of nitrogens with zero attached hydrogens (tertiary/aromatic N) is 1. The Labute approximate surface area is 164 Å². The third-order valence-corrected chi connectivity index (χ3v) is 8.37. The lowest BCUT2D eigenvalue weighted by molar-refractivity contribution is -0.208. The van der Waals surface area contributed by atoms with Crippen molar-refractivity contribution < 1.29 is 9.90 Å². The maximum absolute atomic E-state index is 13.2. The highest BCUT2D eigenvalue weighted by molar-refractivity contribution is 6.42. The van der Waals surface area contributed by atoms with Gasteiger partial charge in [-0.3, -0.25) is 4.79 Å². The molecule has 4 unspecified atom stereocenters. The van der Waals surface area contributed by atoms with Gasteiger partial charge in [-0.15, -0.1) is 0 Å². The molecule has 6 atom stereocenters. The van der Waals surface area contributed by atoms with Crippen LogP contribution in [0, 0.1) is 23.2 Å². The number of hydrogen-bond donors (Lipinski definition) is 1. The van der Waals surface area contributed by atoms with Crippen LogP contribution in [0.25, 0.3) is 0 Å². The van der Waals surface area contributed by atoms with E-state index in [0.29, 0.717) is 27.8 Å². The van der Waals surface area contributed by atoms with Crippen molar-refractivity contribution in [1.29, 1.82) is 0 Å². The number of rotatable bonds is 2. The second-order valence-electron chi connectivity index (χ2n) is 9.66. The SMILES string of the molecule is CC1(C)C(=O)N(C2[C@@H]3CC4C[C@H]2CC(O)(C4)C3)C1c1cccc(Cl)c1Cl. The largest absolute Gasteiger partial charge is 0.390 e. The number of amides is 1. The lowest BCUT2D eigenvalue weighted by Crippen LogP contribution is -2.71. The van der Waals surface area contributed by atoms with Crippen LogP contribution in [0.1, 0.15) is 57.6 Å². The summed E-state index contributed by atoms with van der Waals surface area (Å²) in [6.07, 6.45) is 4.92. The summed E-state index contributed by atoms with van der Waals surface area (Å²) in [5, 5.41) is 12.0. The van der Waals surface area contributed by atoms with Crippen LogP contribution in [0.4, 0.5) is 0 Å². The van der Waals surface area contributed by atoms with Crippen LogP contribution in [0.3, 0.4) is 0 Å². The van der Waals surface area contributed by atoms with E-state index in [2.05, 4.69) is 4.90 Å². The van der Waals surface area contributed by atoms with Crippen LogP contribution in [-0.2, 0) is 4.79 Å². The summed E-state index contributed by atoms with van der Waals surface area (Å²) in [6, 6.07) is 5.90. The Bertz CT molecular complexity index is 776. The first-order valence-corrected chi connectivity index (χ1v) is 10.5. The fourth-order valence-corrected chi connectivity index (χ4v) is 7.25. The van der Waals surface area contributed by atoms with Crippen molar-refractivity contribution in [2.45, 2.75) is 63.6 Å². The Morgan fingerprint density at radius 1 is 1.12 bits per heavy atom. The number of halogens is 2. The molecule has 3 nitrogen and oxygen atoms in total. The molecule has 1 saturated heterocycles. The number of carbonyl (C=O) groups excluding carboxylic acids is 1. The summed E-state index contributed by atoms with van der Waals surface area (Å²) >= 11 is 12.8. The minimum atomic E-state index is -0.486. The number of carbonyl (C=O) groups is 1. The molecule has 0 radical (unpaired) electrons. The summed E-state index contributed by atoms with van der Waals surface area (Å²) in [5.41, 5.74) is -0.00392. The lowest BCUT2D eigenvalue weighted by Gasteiger charge is -2.66. The molecule has 6 rings (SSSR count). The van der Waals surface area contributed by atoms with E-state index in [0.717, 1.165) is 37.7 Å². The van der Waals surface area contributed by atoms with E-state index in [1.807, 2.05) is 26.0 Å². The molecule has 5 aliphatic rings.